The van der Waals surface area contributed by atoms with Crippen LogP contribution in [0, 0.1) is 0 Å². The molecule has 0 aromatic carbocycles. The molecule has 0 aromatic heterocycles. The fraction of sp³-hybridized carbons (Fsp3) is 1.00. The predicted molar refractivity (Wildman–Crippen MR) is 43.1 cm³/mol. The van der Waals surface area contributed by atoms with Gasteiger partial charge in [0.1, 0.15) is 0 Å². The number of rotatable bonds is 1. The highest BCUT2D eigenvalue weighted by Gasteiger charge is 2.00. The van der Waals surface area contributed by atoms with Crippen molar-refractivity contribution >= 4 is 36.5 Å². The lowest BCUT2D eigenvalue weighted by Gasteiger charge is -2.06. The van der Waals surface area contributed by atoms with E-state index in [-0.39, 0.29) is 0 Å². The maximum absolute atomic E-state index is 2.60. The molecule has 0 N–H and O–H groups in total. The number of nitrogens with zero attached hydrogens (tertiary/aromatic N) is 1. The van der Waals surface area contributed by atoms with Crippen molar-refractivity contribution in [2.45, 2.75) is 6.82 Å². The molecule has 36 valence electrons. The minimum atomic E-state index is 0.618. The summed E-state index contributed by atoms with van der Waals surface area (Å²) < 4.78 is 2.69. The molecule has 0 spiro atoms. The minimum Gasteiger partial charge on any atom is -0.319 e. The van der Waals surface area contributed by atoms with Crippen molar-refractivity contribution in [2.75, 3.05) is 7.05 Å². The van der Waals surface area contributed by atoms with Crippen LogP contribution in [0.15, 0.2) is 0 Å². The third kappa shape index (κ3) is 3.38. The van der Waals surface area contributed by atoms with Crippen molar-refractivity contribution in [1.29, 1.82) is 0 Å². The number of hydrogen-bond donors (Lipinski definition) is 0. The summed E-state index contributed by atoms with van der Waals surface area (Å²) in [4.78, 5) is 0. The highest BCUT2D eigenvalue weighted by molar-refractivity contribution is 14.1. The summed E-state index contributed by atoms with van der Waals surface area (Å²) >= 11 is 2.34. The Hall–Kier alpha value is 1.18. The standard InChI is InChI=1S/C2H8BINP/c1-3(4)5(2)6/h6H2,1-2H3. The van der Waals surface area contributed by atoms with Crippen LogP contribution >= 0.6 is 31.8 Å². The molecule has 4 heteroatoms. The normalized spacial score (nSPS) is 9.50. The van der Waals surface area contributed by atoms with E-state index in [9.17, 15) is 0 Å². The van der Waals surface area contributed by atoms with Crippen molar-refractivity contribution in [2.24, 2.45) is 0 Å². The quantitative estimate of drug-likeness (QED) is 0.361. The molecule has 0 radical (unpaired) electrons. The molecule has 0 bridgehead atoms. The Morgan fingerprint density at radius 1 is 1.83 bits per heavy atom. The van der Waals surface area contributed by atoms with Gasteiger partial charge < -0.3 is 4.58 Å². The molecule has 0 saturated carbocycles. The van der Waals surface area contributed by atoms with E-state index in [1.165, 1.54) is 0 Å². The lowest BCUT2D eigenvalue weighted by atomic mass is 10.0. The number of halogens is 1. The molecule has 6 heavy (non-hydrogen) atoms. The Kier molecular flexibility index (Phi) is 3.86. The van der Waals surface area contributed by atoms with E-state index < -0.39 is 0 Å². The third-order valence-corrected chi connectivity index (χ3v) is 2.49. The molecule has 1 unspecified atom stereocenters. The zero-order valence-electron chi connectivity index (χ0n) is 3.98. The molecule has 0 aliphatic heterocycles. The highest BCUT2D eigenvalue weighted by Crippen LogP contribution is 2.03. The summed E-state index contributed by atoms with van der Waals surface area (Å²) in [5.41, 5.74) is 0. The van der Waals surface area contributed by atoms with Crippen molar-refractivity contribution < 1.29 is 0 Å². The molecular weight excluding hydrogens is 207 g/mol. The van der Waals surface area contributed by atoms with E-state index in [0.29, 0.717) is 4.70 Å². The first-order chi connectivity index (χ1) is 2.64. The zero-order valence-corrected chi connectivity index (χ0v) is 7.29. The van der Waals surface area contributed by atoms with Gasteiger partial charge in [0.25, 0.3) is 4.70 Å². The Bertz CT molecular complexity index is 34.5. The predicted octanol–water partition coefficient (Wildman–Crippen LogP) is 1.26. The topological polar surface area (TPSA) is 3.24 Å². The summed E-state index contributed by atoms with van der Waals surface area (Å²) in [5.74, 6) is 0. The van der Waals surface area contributed by atoms with Crippen LogP contribution in [0.1, 0.15) is 0 Å². The van der Waals surface area contributed by atoms with E-state index in [4.69, 9.17) is 0 Å². The van der Waals surface area contributed by atoms with Gasteiger partial charge in [0.15, 0.2) is 0 Å². The van der Waals surface area contributed by atoms with Crippen molar-refractivity contribution in [3.05, 3.63) is 0 Å². The summed E-state index contributed by atoms with van der Waals surface area (Å²) in [6, 6.07) is 0. The molecule has 1 nitrogen and oxygen atoms in total. The van der Waals surface area contributed by atoms with Crippen LogP contribution in [-0.2, 0) is 0 Å². The van der Waals surface area contributed by atoms with Gasteiger partial charge in [0.05, 0.1) is 0 Å². The molecule has 0 saturated heterocycles. The average Bonchev–Trinajstić information content (AvgIpc) is 1.36. The summed E-state index contributed by atoms with van der Waals surface area (Å²) in [6.07, 6.45) is 0. The van der Waals surface area contributed by atoms with Crippen LogP contribution in [0.3, 0.4) is 0 Å². The summed E-state index contributed by atoms with van der Waals surface area (Å²) in [5, 5.41) is 0. The molecule has 0 aliphatic rings. The molecule has 0 aliphatic carbocycles. The molecule has 0 amide bonds. The highest BCUT2D eigenvalue weighted by atomic mass is 127. The van der Waals surface area contributed by atoms with Gasteiger partial charge in [0, 0.05) is 0 Å². The Balaban J connectivity index is 2.99. The lowest BCUT2D eigenvalue weighted by Crippen LogP contribution is -2.15. The van der Waals surface area contributed by atoms with Gasteiger partial charge in [-0.3, -0.25) is 0 Å². The monoisotopic (exact) mass is 215 g/mol. The van der Waals surface area contributed by atoms with Gasteiger partial charge in [0.2, 0.25) is 0 Å². The number of hydrogen-bond acceptors (Lipinski definition) is 1. The van der Waals surface area contributed by atoms with Gasteiger partial charge in [-0.05, 0) is 7.05 Å². The van der Waals surface area contributed by atoms with Gasteiger partial charge in [-0.25, -0.2) is 0 Å². The van der Waals surface area contributed by atoms with Crippen LogP contribution in [0.5, 0.6) is 0 Å². The second-order valence-corrected chi connectivity index (χ2v) is 3.86. The molecule has 0 rings (SSSR count). The zero-order chi connectivity index (χ0) is 5.15. The SMILES string of the molecule is CB(I)N(C)P. The maximum Gasteiger partial charge on any atom is 0.297 e. The first kappa shape index (κ1) is 7.18. The van der Waals surface area contributed by atoms with E-state index >= 15 is 0 Å². The first-order valence-electron chi connectivity index (χ1n) is 1.76. The third-order valence-electron chi connectivity index (χ3n) is 0.561. The van der Waals surface area contributed by atoms with Gasteiger partial charge >= 0.3 is 0 Å². The second-order valence-electron chi connectivity index (χ2n) is 1.24. The Labute approximate surface area is 55.1 Å². The molecule has 0 aromatic rings. The van der Waals surface area contributed by atoms with Gasteiger partial charge in [-0.15, -0.1) is 22.4 Å². The minimum absolute atomic E-state index is 0.618. The fourth-order valence-electron chi connectivity index (χ4n) is 0. The molecule has 1 atom stereocenters. The van der Waals surface area contributed by atoms with Crippen molar-refractivity contribution in [1.82, 2.24) is 4.58 Å². The van der Waals surface area contributed by atoms with Crippen LogP contribution < -0.4 is 0 Å². The van der Waals surface area contributed by atoms with Crippen molar-refractivity contribution in [3.8, 4) is 0 Å². The Morgan fingerprint density at radius 3 is 2.00 bits per heavy atom. The largest absolute Gasteiger partial charge is 0.319 e. The van der Waals surface area contributed by atoms with E-state index in [2.05, 4.69) is 43.2 Å². The summed E-state index contributed by atoms with van der Waals surface area (Å²) in [7, 11) is 4.63. The smallest absolute Gasteiger partial charge is 0.297 e. The fourth-order valence-corrected chi connectivity index (χ4v) is 0. The first-order valence-corrected chi connectivity index (χ1v) is 3.52. The van der Waals surface area contributed by atoms with Crippen LogP contribution in [0.25, 0.3) is 0 Å². The van der Waals surface area contributed by atoms with Crippen LogP contribution in [0.4, 0.5) is 0 Å². The van der Waals surface area contributed by atoms with Gasteiger partial charge in [-0.1, -0.05) is 16.2 Å². The maximum atomic E-state index is 2.60. The van der Waals surface area contributed by atoms with Crippen molar-refractivity contribution in [3.63, 3.8) is 0 Å². The summed E-state index contributed by atoms with van der Waals surface area (Å²) in [6.45, 7) is 2.13. The second kappa shape index (κ2) is 3.22. The van der Waals surface area contributed by atoms with E-state index in [1.54, 1.807) is 0 Å². The Morgan fingerprint density at radius 2 is 2.00 bits per heavy atom. The molecular formula is C2H8BINP. The average molecular weight is 215 g/mol. The van der Waals surface area contributed by atoms with Crippen LogP contribution in [0.2, 0.25) is 6.82 Å². The van der Waals surface area contributed by atoms with Crippen LogP contribution in [-0.4, -0.2) is 16.3 Å². The lowest BCUT2D eigenvalue weighted by molar-refractivity contribution is 0.898. The molecule has 0 fully saturated rings. The van der Waals surface area contributed by atoms with E-state index in [1.807, 2.05) is 7.05 Å². The molecule has 0 heterocycles. The van der Waals surface area contributed by atoms with E-state index in [0.717, 1.165) is 0 Å². The van der Waals surface area contributed by atoms with Gasteiger partial charge in [-0.2, -0.15) is 0 Å².